The standard InChI is InChI=1S/C12H23BrO5/c1-12(2)7(6-13)18-9(11(16-4)17-5)8(14)10(12)15-3/h7-11,14H,6H2,1-5H3/t7-,8-,9-,10+/m0/s1. The Labute approximate surface area is 117 Å². The highest BCUT2D eigenvalue weighted by atomic mass is 79.9. The van der Waals surface area contributed by atoms with Crippen molar-refractivity contribution in [2.75, 3.05) is 26.7 Å². The van der Waals surface area contributed by atoms with E-state index in [1.165, 1.54) is 14.2 Å². The molecule has 0 unspecified atom stereocenters. The lowest BCUT2D eigenvalue weighted by Gasteiger charge is -2.50. The van der Waals surface area contributed by atoms with Crippen LogP contribution in [0, 0.1) is 5.41 Å². The minimum atomic E-state index is -0.801. The van der Waals surface area contributed by atoms with Gasteiger partial charge in [0.1, 0.15) is 12.2 Å². The molecule has 1 aliphatic rings. The van der Waals surface area contributed by atoms with Crippen molar-refractivity contribution in [3.8, 4) is 0 Å². The quantitative estimate of drug-likeness (QED) is 0.607. The van der Waals surface area contributed by atoms with Gasteiger partial charge in [-0.1, -0.05) is 29.8 Å². The van der Waals surface area contributed by atoms with Crippen molar-refractivity contribution in [2.24, 2.45) is 5.41 Å². The molecule has 0 aromatic carbocycles. The molecule has 1 rings (SSSR count). The van der Waals surface area contributed by atoms with Crippen molar-refractivity contribution in [3.05, 3.63) is 0 Å². The van der Waals surface area contributed by atoms with E-state index in [0.717, 1.165) is 0 Å². The highest BCUT2D eigenvalue weighted by Gasteiger charge is 2.52. The smallest absolute Gasteiger partial charge is 0.185 e. The van der Waals surface area contributed by atoms with Gasteiger partial charge in [-0.3, -0.25) is 0 Å². The van der Waals surface area contributed by atoms with Crippen LogP contribution in [0.1, 0.15) is 13.8 Å². The molecule has 5 nitrogen and oxygen atoms in total. The molecule has 108 valence electrons. The summed E-state index contributed by atoms with van der Waals surface area (Å²) in [4.78, 5) is 0. The zero-order valence-electron chi connectivity index (χ0n) is 11.6. The molecule has 0 bridgehead atoms. The first kappa shape index (κ1) is 16.3. The Balaban J connectivity index is 2.97. The highest BCUT2D eigenvalue weighted by molar-refractivity contribution is 9.09. The molecule has 0 radical (unpaired) electrons. The molecule has 0 spiro atoms. The van der Waals surface area contributed by atoms with Crippen molar-refractivity contribution in [1.82, 2.24) is 0 Å². The van der Waals surface area contributed by atoms with Gasteiger partial charge in [0.15, 0.2) is 6.29 Å². The van der Waals surface area contributed by atoms with Crippen LogP contribution < -0.4 is 0 Å². The molecule has 4 atom stereocenters. The van der Waals surface area contributed by atoms with E-state index in [1.807, 2.05) is 13.8 Å². The van der Waals surface area contributed by atoms with Crippen LogP contribution in [0.25, 0.3) is 0 Å². The molecule has 1 N–H and O–H groups in total. The molecular formula is C12H23BrO5. The molecule has 0 amide bonds. The van der Waals surface area contributed by atoms with Gasteiger partial charge in [-0.05, 0) is 0 Å². The molecule has 0 aromatic heterocycles. The molecule has 1 heterocycles. The minimum Gasteiger partial charge on any atom is -0.387 e. The number of hydrogen-bond acceptors (Lipinski definition) is 5. The molecular weight excluding hydrogens is 304 g/mol. The van der Waals surface area contributed by atoms with Crippen molar-refractivity contribution < 1.29 is 24.1 Å². The zero-order chi connectivity index (χ0) is 13.9. The van der Waals surface area contributed by atoms with Crippen LogP contribution in [0.2, 0.25) is 0 Å². The third-order valence-electron chi connectivity index (χ3n) is 3.66. The topological polar surface area (TPSA) is 57.2 Å². The van der Waals surface area contributed by atoms with E-state index in [4.69, 9.17) is 18.9 Å². The largest absolute Gasteiger partial charge is 0.387 e. The lowest BCUT2D eigenvalue weighted by molar-refractivity contribution is -0.289. The van der Waals surface area contributed by atoms with E-state index >= 15 is 0 Å². The molecule has 1 aliphatic heterocycles. The van der Waals surface area contributed by atoms with Gasteiger partial charge in [-0.25, -0.2) is 0 Å². The average Bonchev–Trinajstić information content (AvgIpc) is 2.33. The second kappa shape index (κ2) is 6.63. The molecule has 18 heavy (non-hydrogen) atoms. The highest BCUT2D eigenvalue weighted by Crippen LogP contribution is 2.40. The lowest BCUT2D eigenvalue weighted by Crippen LogP contribution is -2.63. The maximum absolute atomic E-state index is 10.4. The third kappa shape index (κ3) is 2.89. The molecule has 1 saturated heterocycles. The van der Waals surface area contributed by atoms with Gasteiger partial charge in [0.25, 0.3) is 0 Å². The molecule has 0 aliphatic carbocycles. The summed E-state index contributed by atoms with van der Waals surface area (Å²) in [5.41, 5.74) is -0.305. The monoisotopic (exact) mass is 326 g/mol. The van der Waals surface area contributed by atoms with Gasteiger partial charge in [0.2, 0.25) is 0 Å². The van der Waals surface area contributed by atoms with Crippen LogP contribution in [0.15, 0.2) is 0 Å². The Morgan fingerprint density at radius 2 is 1.83 bits per heavy atom. The summed E-state index contributed by atoms with van der Waals surface area (Å²) in [5.74, 6) is 0. The van der Waals surface area contributed by atoms with Gasteiger partial charge in [-0.15, -0.1) is 0 Å². The number of rotatable bonds is 5. The summed E-state index contributed by atoms with van der Waals surface area (Å²) in [7, 11) is 4.64. The van der Waals surface area contributed by atoms with Gasteiger partial charge in [0.05, 0.1) is 12.2 Å². The van der Waals surface area contributed by atoms with E-state index < -0.39 is 18.5 Å². The third-order valence-corrected chi connectivity index (χ3v) is 4.25. The van der Waals surface area contributed by atoms with Crippen molar-refractivity contribution in [1.29, 1.82) is 0 Å². The van der Waals surface area contributed by atoms with Crippen LogP contribution in [-0.2, 0) is 18.9 Å². The summed E-state index contributed by atoms with van der Waals surface area (Å²) in [6, 6.07) is 0. The molecule has 0 saturated carbocycles. The molecule has 6 heteroatoms. The zero-order valence-corrected chi connectivity index (χ0v) is 13.1. The Kier molecular flexibility index (Phi) is 6.02. The van der Waals surface area contributed by atoms with E-state index in [-0.39, 0.29) is 17.6 Å². The van der Waals surface area contributed by atoms with E-state index in [1.54, 1.807) is 7.11 Å². The maximum Gasteiger partial charge on any atom is 0.185 e. The Bertz CT molecular complexity index is 257. The first-order valence-electron chi connectivity index (χ1n) is 5.91. The number of alkyl halides is 1. The predicted octanol–water partition coefficient (Wildman–Crippen LogP) is 1.17. The second-order valence-corrected chi connectivity index (χ2v) is 5.70. The summed E-state index contributed by atoms with van der Waals surface area (Å²) < 4.78 is 21.7. The molecule has 0 aromatic rings. The van der Waals surface area contributed by atoms with E-state index in [2.05, 4.69) is 15.9 Å². The van der Waals surface area contributed by atoms with Crippen molar-refractivity contribution in [3.63, 3.8) is 0 Å². The summed E-state index contributed by atoms with van der Waals surface area (Å²) in [6.07, 6.45) is -2.42. The van der Waals surface area contributed by atoms with Gasteiger partial charge < -0.3 is 24.1 Å². The number of hydrogen-bond donors (Lipinski definition) is 1. The summed E-state index contributed by atoms with van der Waals surface area (Å²) in [5, 5.41) is 11.0. The normalized spacial score (nSPS) is 36.0. The molecule has 1 fully saturated rings. The summed E-state index contributed by atoms with van der Waals surface area (Å²) in [6.45, 7) is 4.03. The summed E-state index contributed by atoms with van der Waals surface area (Å²) >= 11 is 3.44. The number of aliphatic hydroxyl groups excluding tert-OH is 1. The fourth-order valence-electron chi connectivity index (χ4n) is 2.51. The van der Waals surface area contributed by atoms with Crippen LogP contribution in [0.4, 0.5) is 0 Å². The Morgan fingerprint density at radius 3 is 2.22 bits per heavy atom. The lowest BCUT2D eigenvalue weighted by atomic mass is 9.75. The number of ether oxygens (including phenoxy) is 4. The van der Waals surface area contributed by atoms with Gasteiger partial charge in [-0.2, -0.15) is 0 Å². The Morgan fingerprint density at radius 1 is 1.28 bits per heavy atom. The predicted molar refractivity (Wildman–Crippen MR) is 70.8 cm³/mol. The average molecular weight is 327 g/mol. The SMILES string of the molecule is COC(OC)[C@H]1O[C@@H](CBr)C(C)(C)[C@H](OC)[C@H]1O. The van der Waals surface area contributed by atoms with Crippen LogP contribution in [0.5, 0.6) is 0 Å². The first-order chi connectivity index (χ1) is 8.43. The minimum absolute atomic E-state index is 0.0938. The van der Waals surface area contributed by atoms with Gasteiger partial charge in [0, 0.05) is 32.1 Å². The van der Waals surface area contributed by atoms with Crippen molar-refractivity contribution in [2.45, 2.75) is 44.6 Å². The second-order valence-electron chi connectivity index (χ2n) is 5.05. The number of halogens is 1. The number of aliphatic hydroxyl groups is 1. The number of methoxy groups -OCH3 is 3. The van der Waals surface area contributed by atoms with Crippen LogP contribution in [-0.4, -0.2) is 62.5 Å². The van der Waals surface area contributed by atoms with E-state index in [0.29, 0.717) is 5.33 Å². The fraction of sp³-hybridized carbons (Fsp3) is 1.00. The van der Waals surface area contributed by atoms with Crippen LogP contribution in [0.3, 0.4) is 0 Å². The maximum atomic E-state index is 10.4. The Hall–Kier alpha value is 0.280. The van der Waals surface area contributed by atoms with Crippen LogP contribution >= 0.6 is 15.9 Å². The first-order valence-corrected chi connectivity index (χ1v) is 7.04. The van der Waals surface area contributed by atoms with E-state index in [9.17, 15) is 5.11 Å². The van der Waals surface area contributed by atoms with Crippen molar-refractivity contribution >= 4 is 15.9 Å². The fourth-order valence-corrected chi connectivity index (χ4v) is 3.50. The van der Waals surface area contributed by atoms with Gasteiger partial charge >= 0.3 is 0 Å².